The van der Waals surface area contributed by atoms with Crippen molar-refractivity contribution in [3.8, 4) is 5.75 Å². The lowest BCUT2D eigenvalue weighted by atomic mass is 9.91. The highest BCUT2D eigenvalue weighted by Crippen LogP contribution is 2.27. The lowest BCUT2D eigenvalue weighted by Gasteiger charge is -2.36. The average Bonchev–Trinajstić information content (AvgIpc) is 3.23. The highest BCUT2D eigenvalue weighted by Gasteiger charge is 2.40. The third kappa shape index (κ3) is 5.74. The van der Waals surface area contributed by atoms with Crippen LogP contribution in [0.2, 0.25) is 0 Å². The number of amides is 1. The van der Waals surface area contributed by atoms with Gasteiger partial charge in [-0.15, -0.1) is 24.8 Å². The van der Waals surface area contributed by atoms with E-state index in [-0.39, 0.29) is 36.8 Å². The Morgan fingerprint density at radius 1 is 1.14 bits per heavy atom. The standard InChI is InChI=1S/C20H31N3O3.2ClH/c1-25-17-7-5-16(6-8-17)18(23-13-3-4-14-23)15-22-19(24)20(26-2)9-11-21-12-10-20;;/h5-8,18,21H,3-4,9-15H2,1-2H3,(H,22,24);2*1H. The van der Waals surface area contributed by atoms with Crippen LogP contribution in [0.25, 0.3) is 0 Å². The van der Waals surface area contributed by atoms with Crippen molar-refractivity contribution in [2.24, 2.45) is 0 Å². The van der Waals surface area contributed by atoms with Crippen LogP contribution in [0.4, 0.5) is 0 Å². The van der Waals surface area contributed by atoms with E-state index in [1.807, 2.05) is 12.1 Å². The molecule has 2 aliphatic rings. The van der Waals surface area contributed by atoms with Gasteiger partial charge in [-0.3, -0.25) is 9.69 Å². The summed E-state index contributed by atoms with van der Waals surface area (Å²) in [6, 6.07) is 8.37. The maximum atomic E-state index is 12.9. The van der Waals surface area contributed by atoms with Crippen LogP contribution in [0.3, 0.4) is 0 Å². The molecule has 0 spiro atoms. The summed E-state index contributed by atoms with van der Waals surface area (Å²) in [5.41, 5.74) is 0.519. The largest absolute Gasteiger partial charge is 0.497 e. The number of nitrogens with zero attached hydrogens (tertiary/aromatic N) is 1. The number of nitrogens with one attached hydrogen (secondary N) is 2. The number of piperidine rings is 1. The van der Waals surface area contributed by atoms with E-state index in [0.717, 1.165) is 31.9 Å². The van der Waals surface area contributed by atoms with Gasteiger partial charge in [0.15, 0.2) is 0 Å². The maximum absolute atomic E-state index is 12.9. The number of likely N-dealkylation sites (tertiary alicyclic amines) is 1. The number of halogens is 2. The molecule has 2 N–H and O–H groups in total. The lowest BCUT2D eigenvalue weighted by molar-refractivity contribution is -0.147. The molecule has 28 heavy (non-hydrogen) atoms. The monoisotopic (exact) mass is 433 g/mol. The second kappa shape index (κ2) is 11.8. The molecule has 6 nitrogen and oxygen atoms in total. The van der Waals surface area contributed by atoms with Crippen LogP contribution >= 0.6 is 24.8 Å². The Bertz CT molecular complexity index is 589. The van der Waals surface area contributed by atoms with Gasteiger partial charge in [-0.2, -0.15) is 0 Å². The minimum Gasteiger partial charge on any atom is -0.497 e. The molecule has 0 bridgehead atoms. The molecule has 1 amide bonds. The summed E-state index contributed by atoms with van der Waals surface area (Å²) < 4.78 is 10.9. The van der Waals surface area contributed by atoms with E-state index in [4.69, 9.17) is 9.47 Å². The predicted molar refractivity (Wildman–Crippen MR) is 116 cm³/mol. The number of methoxy groups -OCH3 is 2. The molecule has 0 radical (unpaired) electrons. The molecule has 2 saturated heterocycles. The van der Waals surface area contributed by atoms with E-state index in [1.54, 1.807) is 14.2 Å². The molecule has 2 aliphatic heterocycles. The molecule has 2 fully saturated rings. The minimum absolute atomic E-state index is 0. The third-order valence-corrected chi connectivity index (χ3v) is 5.75. The molecule has 1 unspecified atom stereocenters. The van der Waals surface area contributed by atoms with Crippen molar-refractivity contribution in [2.45, 2.75) is 37.3 Å². The molecule has 1 aromatic carbocycles. The molecule has 1 aromatic rings. The fourth-order valence-electron chi connectivity index (χ4n) is 4.04. The van der Waals surface area contributed by atoms with Crippen molar-refractivity contribution >= 4 is 30.7 Å². The SMILES string of the molecule is COc1ccc(C(CNC(=O)C2(OC)CCNCC2)N2CCCC2)cc1.Cl.Cl. The van der Waals surface area contributed by atoms with Gasteiger partial charge in [0.2, 0.25) is 0 Å². The van der Waals surface area contributed by atoms with Crippen molar-refractivity contribution in [1.82, 2.24) is 15.5 Å². The second-order valence-corrected chi connectivity index (χ2v) is 7.19. The lowest BCUT2D eigenvalue weighted by Crippen LogP contribution is -2.55. The van der Waals surface area contributed by atoms with Gasteiger partial charge in [-0.1, -0.05) is 12.1 Å². The first-order valence-corrected chi connectivity index (χ1v) is 9.61. The van der Waals surface area contributed by atoms with E-state index in [2.05, 4.69) is 27.7 Å². The minimum atomic E-state index is -0.694. The van der Waals surface area contributed by atoms with Gasteiger partial charge < -0.3 is 20.1 Å². The van der Waals surface area contributed by atoms with Crippen LogP contribution in [0.5, 0.6) is 5.75 Å². The summed E-state index contributed by atoms with van der Waals surface area (Å²) in [6.45, 7) is 4.38. The van der Waals surface area contributed by atoms with E-state index >= 15 is 0 Å². The highest BCUT2D eigenvalue weighted by atomic mass is 35.5. The normalized spacial score (nSPS) is 19.8. The number of rotatable bonds is 7. The zero-order valence-corrected chi connectivity index (χ0v) is 18.4. The molecule has 8 heteroatoms. The zero-order valence-electron chi connectivity index (χ0n) is 16.7. The van der Waals surface area contributed by atoms with Crippen molar-refractivity contribution in [1.29, 1.82) is 0 Å². The predicted octanol–water partition coefficient (Wildman–Crippen LogP) is 2.56. The van der Waals surface area contributed by atoms with E-state index < -0.39 is 5.60 Å². The quantitative estimate of drug-likeness (QED) is 0.691. The number of hydrogen-bond donors (Lipinski definition) is 2. The molecule has 2 heterocycles. The Morgan fingerprint density at radius 2 is 1.75 bits per heavy atom. The molecule has 160 valence electrons. The number of benzene rings is 1. The smallest absolute Gasteiger partial charge is 0.252 e. The van der Waals surface area contributed by atoms with E-state index in [9.17, 15) is 4.79 Å². The van der Waals surface area contributed by atoms with Crippen LogP contribution in [-0.4, -0.2) is 63.4 Å². The first-order chi connectivity index (χ1) is 12.7. The van der Waals surface area contributed by atoms with Gasteiger partial charge in [-0.05, 0) is 69.6 Å². The summed E-state index contributed by atoms with van der Waals surface area (Å²) in [7, 11) is 3.32. The van der Waals surface area contributed by atoms with Crippen LogP contribution < -0.4 is 15.4 Å². The van der Waals surface area contributed by atoms with Crippen LogP contribution in [-0.2, 0) is 9.53 Å². The Labute approximate surface area is 180 Å². The Hall–Kier alpha value is -1.05. The van der Waals surface area contributed by atoms with Gasteiger partial charge in [0.1, 0.15) is 11.4 Å². The van der Waals surface area contributed by atoms with Gasteiger partial charge in [0.05, 0.1) is 13.2 Å². The number of hydrogen-bond acceptors (Lipinski definition) is 5. The number of carbonyl (C=O) groups is 1. The summed E-state index contributed by atoms with van der Waals surface area (Å²) in [6.07, 6.45) is 3.86. The fourth-order valence-corrected chi connectivity index (χ4v) is 4.04. The van der Waals surface area contributed by atoms with Gasteiger partial charge in [0.25, 0.3) is 5.91 Å². The molecule has 0 aliphatic carbocycles. The molecular weight excluding hydrogens is 401 g/mol. The van der Waals surface area contributed by atoms with Crippen molar-refractivity contribution in [3.63, 3.8) is 0 Å². The molecule has 0 saturated carbocycles. The van der Waals surface area contributed by atoms with Gasteiger partial charge in [-0.25, -0.2) is 0 Å². The zero-order chi connectivity index (χ0) is 18.4. The third-order valence-electron chi connectivity index (χ3n) is 5.75. The van der Waals surface area contributed by atoms with Crippen molar-refractivity contribution in [3.05, 3.63) is 29.8 Å². The Balaban J connectivity index is 0.00000196. The summed E-state index contributed by atoms with van der Waals surface area (Å²) in [5, 5.41) is 6.48. The first kappa shape index (κ1) is 25.0. The van der Waals surface area contributed by atoms with E-state index in [0.29, 0.717) is 19.4 Å². The molecule has 0 aromatic heterocycles. The van der Waals surface area contributed by atoms with Crippen LogP contribution in [0, 0.1) is 0 Å². The fraction of sp³-hybridized carbons (Fsp3) is 0.650. The Morgan fingerprint density at radius 3 is 2.29 bits per heavy atom. The van der Waals surface area contributed by atoms with Gasteiger partial charge in [0, 0.05) is 13.7 Å². The van der Waals surface area contributed by atoms with Gasteiger partial charge >= 0.3 is 0 Å². The van der Waals surface area contributed by atoms with Crippen LogP contribution in [0.1, 0.15) is 37.3 Å². The summed E-state index contributed by atoms with van der Waals surface area (Å²) in [4.78, 5) is 15.4. The summed E-state index contributed by atoms with van der Waals surface area (Å²) in [5.74, 6) is 0.866. The van der Waals surface area contributed by atoms with E-state index in [1.165, 1.54) is 18.4 Å². The van der Waals surface area contributed by atoms with Crippen molar-refractivity contribution in [2.75, 3.05) is 46.9 Å². The average molecular weight is 434 g/mol. The molecule has 3 rings (SSSR count). The maximum Gasteiger partial charge on any atom is 0.252 e. The number of carbonyl (C=O) groups excluding carboxylic acids is 1. The molecule has 1 atom stereocenters. The topological polar surface area (TPSA) is 62.8 Å². The van der Waals surface area contributed by atoms with Crippen LogP contribution in [0.15, 0.2) is 24.3 Å². The second-order valence-electron chi connectivity index (χ2n) is 7.19. The number of ether oxygens (including phenoxy) is 2. The van der Waals surface area contributed by atoms with Crippen molar-refractivity contribution < 1.29 is 14.3 Å². The molecular formula is C20H33Cl2N3O3. The highest BCUT2D eigenvalue weighted by molar-refractivity contribution is 5.86. The summed E-state index contributed by atoms with van der Waals surface area (Å²) >= 11 is 0. The first-order valence-electron chi connectivity index (χ1n) is 9.61. The Kier molecular flexibility index (Phi) is 10.6.